The first-order chi connectivity index (χ1) is 12.7. The first-order valence-corrected chi connectivity index (χ1v) is 9.17. The molecule has 3 aromatic rings. The highest BCUT2D eigenvalue weighted by atomic mass is 16.2. The average Bonchev–Trinajstić information content (AvgIpc) is 3.39. The number of carbonyl (C=O) groups is 1. The minimum atomic E-state index is 0.0000198. The molecule has 2 amide bonds. The molecule has 0 bridgehead atoms. The number of nitrogens with one attached hydrogen (secondary N) is 1. The predicted octanol–water partition coefficient (Wildman–Crippen LogP) is 2.71. The molecule has 1 N–H and O–H groups in total. The summed E-state index contributed by atoms with van der Waals surface area (Å²) in [5, 5.41) is 7.22. The lowest BCUT2D eigenvalue weighted by atomic mass is 10.2. The van der Waals surface area contributed by atoms with E-state index in [1.54, 1.807) is 6.20 Å². The van der Waals surface area contributed by atoms with Gasteiger partial charge >= 0.3 is 6.03 Å². The van der Waals surface area contributed by atoms with Crippen LogP contribution in [0.1, 0.15) is 31.1 Å². The molecule has 1 atom stereocenters. The molecule has 1 aromatic carbocycles. The van der Waals surface area contributed by atoms with Crippen molar-refractivity contribution in [2.45, 2.75) is 31.8 Å². The molecule has 1 aliphatic heterocycles. The van der Waals surface area contributed by atoms with Crippen molar-refractivity contribution in [3.05, 3.63) is 48.5 Å². The summed E-state index contributed by atoms with van der Waals surface area (Å²) in [6, 6.07) is 10.1. The standard InChI is InChI=1S/C19H24N6O/c1-23-16-8-3-2-7-15(16)22-18(23)17-9-4-14-25(17)19(26)20-10-5-12-24-13-6-11-21-24/h2-3,6-8,11,13,17H,4-5,9-10,12,14H2,1H3,(H,20,26). The summed E-state index contributed by atoms with van der Waals surface area (Å²) in [4.78, 5) is 19.4. The van der Waals surface area contributed by atoms with Gasteiger partial charge in [0.25, 0.3) is 0 Å². The van der Waals surface area contributed by atoms with Gasteiger partial charge in [-0.3, -0.25) is 4.68 Å². The Labute approximate surface area is 152 Å². The average molecular weight is 352 g/mol. The van der Waals surface area contributed by atoms with Crippen LogP contribution in [0, 0.1) is 0 Å². The second-order valence-electron chi connectivity index (χ2n) is 6.72. The number of fused-ring (bicyclic) bond motifs is 1. The van der Waals surface area contributed by atoms with Gasteiger partial charge in [-0.15, -0.1) is 0 Å². The van der Waals surface area contributed by atoms with Crippen LogP contribution in [0.15, 0.2) is 42.7 Å². The van der Waals surface area contributed by atoms with Gasteiger partial charge in [0.15, 0.2) is 0 Å². The van der Waals surface area contributed by atoms with Crippen LogP contribution < -0.4 is 5.32 Å². The third-order valence-corrected chi connectivity index (χ3v) is 5.03. The summed E-state index contributed by atoms with van der Waals surface area (Å²) in [7, 11) is 2.03. The van der Waals surface area contributed by atoms with E-state index < -0.39 is 0 Å². The van der Waals surface area contributed by atoms with E-state index in [4.69, 9.17) is 4.98 Å². The van der Waals surface area contributed by atoms with Crippen molar-refractivity contribution in [3.8, 4) is 0 Å². The number of imidazole rings is 1. The van der Waals surface area contributed by atoms with Gasteiger partial charge in [0.05, 0.1) is 17.1 Å². The predicted molar refractivity (Wildman–Crippen MR) is 99.6 cm³/mol. The fraction of sp³-hybridized carbons (Fsp3) is 0.421. The fourth-order valence-corrected chi connectivity index (χ4v) is 3.71. The molecular formula is C19H24N6O. The van der Waals surface area contributed by atoms with Gasteiger partial charge in [-0.2, -0.15) is 5.10 Å². The second-order valence-corrected chi connectivity index (χ2v) is 6.72. The van der Waals surface area contributed by atoms with Crippen molar-refractivity contribution in [3.63, 3.8) is 0 Å². The lowest BCUT2D eigenvalue weighted by Gasteiger charge is -2.24. The van der Waals surface area contributed by atoms with Gasteiger partial charge < -0.3 is 14.8 Å². The van der Waals surface area contributed by atoms with E-state index in [0.29, 0.717) is 6.54 Å². The molecule has 3 heterocycles. The number of para-hydroxylation sites is 2. The SMILES string of the molecule is Cn1c(C2CCCN2C(=O)NCCCn2cccn2)nc2ccccc21. The van der Waals surface area contributed by atoms with Gasteiger partial charge in [-0.1, -0.05) is 12.1 Å². The van der Waals surface area contributed by atoms with Crippen molar-refractivity contribution < 1.29 is 4.79 Å². The van der Waals surface area contributed by atoms with Crippen LogP contribution in [0.3, 0.4) is 0 Å². The number of benzene rings is 1. The molecule has 2 aromatic heterocycles. The largest absolute Gasteiger partial charge is 0.338 e. The Morgan fingerprint density at radius 1 is 1.31 bits per heavy atom. The van der Waals surface area contributed by atoms with Gasteiger partial charge in [0, 0.05) is 39.1 Å². The van der Waals surface area contributed by atoms with Crippen LogP contribution in [-0.4, -0.2) is 43.4 Å². The number of hydrogen-bond donors (Lipinski definition) is 1. The number of amides is 2. The normalized spacial score (nSPS) is 17.1. The minimum absolute atomic E-state index is 0.0000198. The van der Waals surface area contributed by atoms with E-state index in [1.165, 1.54) is 0 Å². The summed E-state index contributed by atoms with van der Waals surface area (Å²) in [5.74, 6) is 0.968. The van der Waals surface area contributed by atoms with Crippen LogP contribution in [0.25, 0.3) is 11.0 Å². The first-order valence-electron chi connectivity index (χ1n) is 9.17. The summed E-state index contributed by atoms with van der Waals surface area (Å²) >= 11 is 0. The third-order valence-electron chi connectivity index (χ3n) is 5.03. The Morgan fingerprint density at radius 2 is 2.19 bits per heavy atom. The summed E-state index contributed by atoms with van der Waals surface area (Å²) in [6.07, 6.45) is 6.53. The molecule has 0 spiro atoms. The molecule has 7 nitrogen and oxygen atoms in total. The highest BCUT2D eigenvalue weighted by molar-refractivity contribution is 5.77. The zero-order valence-corrected chi connectivity index (χ0v) is 15.0. The summed E-state index contributed by atoms with van der Waals surface area (Å²) in [5.41, 5.74) is 2.09. The Hall–Kier alpha value is -2.83. The van der Waals surface area contributed by atoms with Crippen LogP contribution in [0.2, 0.25) is 0 Å². The lowest BCUT2D eigenvalue weighted by Crippen LogP contribution is -2.40. The van der Waals surface area contributed by atoms with Crippen molar-refractivity contribution in [2.24, 2.45) is 7.05 Å². The Kier molecular flexibility index (Phi) is 4.60. The maximum absolute atomic E-state index is 12.7. The monoisotopic (exact) mass is 352 g/mol. The van der Waals surface area contributed by atoms with Crippen molar-refractivity contribution in [1.82, 2.24) is 29.5 Å². The number of hydrogen-bond acceptors (Lipinski definition) is 3. The number of carbonyl (C=O) groups excluding carboxylic acids is 1. The first kappa shape index (κ1) is 16.6. The van der Waals surface area contributed by atoms with Gasteiger partial charge in [-0.25, -0.2) is 9.78 Å². The van der Waals surface area contributed by atoms with E-state index in [2.05, 4.69) is 21.0 Å². The molecular weight excluding hydrogens is 328 g/mol. The number of rotatable bonds is 5. The molecule has 0 saturated carbocycles. The van der Waals surface area contributed by atoms with E-state index in [0.717, 1.165) is 49.2 Å². The van der Waals surface area contributed by atoms with Crippen molar-refractivity contribution in [1.29, 1.82) is 0 Å². The van der Waals surface area contributed by atoms with E-state index in [1.807, 2.05) is 47.1 Å². The highest BCUT2D eigenvalue weighted by Gasteiger charge is 2.33. The molecule has 0 radical (unpaired) electrons. The maximum atomic E-state index is 12.7. The zero-order chi connectivity index (χ0) is 17.9. The van der Waals surface area contributed by atoms with Crippen LogP contribution >= 0.6 is 0 Å². The van der Waals surface area contributed by atoms with Crippen LogP contribution in [-0.2, 0) is 13.6 Å². The summed E-state index contributed by atoms with van der Waals surface area (Å²) < 4.78 is 3.99. The number of urea groups is 1. The second kappa shape index (κ2) is 7.19. The summed E-state index contributed by atoms with van der Waals surface area (Å²) in [6.45, 7) is 2.23. The van der Waals surface area contributed by atoms with Gasteiger partial charge in [0.1, 0.15) is 5.82 Å². The molecule has 136 valence electrons. The van der Waals surface area contributed by atoms with E-state index in [9.17, 15) is 4.79 Å². The smallest absolute Gasteiger partial charge is 0.318 e. The fourth-order valence-electron chi connectivity index (χ4n) is 3.71. The van der Waals surface area contributed by atoms with Crippen molar-refractivity contribution >= 4 is 17.1 Å². The van der Waals surface area contributed by atoms with Crippen LogP contribution in [0.5, 0.6) is 0 Å². The molecule has 1 unspecified atom stereocenters. The minimum Gasteiger partial charge on any atom is -0.338 e. The molecule has 1 fully saturated rings. The quantitative estimate of drug-likeness (QED) is 0.718. The Morgan fingerprint density at radius 3 is 3.00 bits per heavy atom. The van der Waals surface area contributed by atoms with E-state index >= 15 is 0 Å². The molecule has 7 heteroatoms. The molecule has 1 saturated heterocycles. The number of nitrogens with zero attached hydrogens (tertiary/aromatic N) is 5. The number of aromatic nitrogens is 4. The Balaban J connectivity index is 1.40. The highest BCUT2D eigenvalue weighted by Crippen LogP contribution is 2.32. The topological polar surface area (TPSA) is 68.0 Å². The third kappa shape index (κ3) is 3.16. The van der Waals surface area contributed by atoms with Gasteiger partial charge in [0.2, 0.25) is 0 Å². The van der Waals surface area contributed by atoms with Crippen molar-refractivity contribution in [2.75, 3.05) is 13.1 Å². The van der Waals surface area contributed by atoms with E-state index in [-0.39, 0.29) is 12.1 Å². The Bertz CT molecular complexity index is 885. The molecule has 26 heavy (non-hydrogen) atoms. The molecule has 1 aliphatic rings. The van der Waals surface area contributed by atoms with Crippen LogP contribution in [0.4, 0.5) is 4.79 Å². The number of likely N-dealkylation sites (tertiary alicyclic amines) is 1. The lowest BCUT2D eigenvalue weighted by molar-refractivity contribution is 0.190. The number of aryl methyl sites for hydroxylation is 2. The molecule has 4 rings (SSSR count). The van der Waals surface area contributed by atoms with Gasteiger partial charge in [-0.05, 0) is 37.5 Å². The maximum Gasteiger partial charge on any atom is 0.318 e. The molecule has 0 aliphatic carbocycles. The zero-order valence-electron chi connectivity index (χ0n) is 15.0.